The normalized spacial score (nSPS) is 10.5. The number of carbonyl (C=O) groups is 1. The average molecular weight is 328 g/mol. The number of benzene rings is 1. The van der Waals surface area contributed by atoms with Gasteiger partial charge in [-0.25, -0.2) is 9.67 Å². The van der Waals surface area contributed by atoms with Gasteiger partial charge in [0.1, 0.15) is 5.75 Å². The van der Waals surface area contributed by atoms with E-state index in [0.717, 1.165) is 16.3 Å². The van der Waals surface area contributed by atoms with Gasteiger partial charge in [-0.1, -0.05) is 18.2 Å². The Hall–Kier alpha value is -2.67. The van der Waals surface area contributed by atoms with Crippen molar-refractivity contribution in [2.24, 2.45) is 0 Å². The standard InChI is InChI=1S/C16H16N4O2S/c1-11-12(2)23-16(17-11)18-15(21)14-8-9-20(19-14)10-22-13-6-4-3-5-7-13/h3-9H,10H2,1-2H3,(H,17,18,21). The van der Waals surface area contributed by atoms with Gasteiger partial charge in [-0.3, -0.25) is 10.1 Å². The lowest BCUT2D eigenvalue weighted by molar-refractivity contribution is 0.102. The Morgan fingerprint density at radius 3 is 2.74 bits per heavy atom. The van der Waals surface area contributed by atoms with Gasteiger partial charge in [-0.15, -0.1) is 11.3 Å². The molecule has 0 spiro atoms. The SMILES string of the molecule is Cc1nc(NC(=O)c2ccn(COc3ccccc3)n2)sc1C. The van der Waals surface area contributed by atoms with E-state index in [-0.39, 0.29) is 12.6 Å². The van der Waals surface area contributed by atoms with E-state index >= 15 is 0 Å². The zero-order chi connectivity index (χ0) is 16.2. The summed E-state index contributed by atoms with van der Waals surface area (Å²) in [6.45, 7) is 4.13. The molecular formula is C16H16N4O2S. The summed E-state index contributed by atoms with van der Waals surface area (Å²) in [4.78, 5) is 17.5. The molecule has 0 bridgehead atoms. The summed E-state index contributed by atoms with van der Waals surface area (Å²) in [7, 11) is 0. The number of anilines is 1. The Balaban J connectivity index is 1.61. The number of aromatic nitrogens is 3. The van der Waals surface area contributed by atoms with Gasteiger partial charge >= 0.3 is 0 Å². The van der Waals surface area contributed by atoms with E-state index in [1.54, 1.807) is 16.9 Å². The third-order valence-corrected chi connectivity index (χ3v) is 4.22. The summed E-state index contributed by atoms with van der Waals surface area (Å²) < 4.78 is 7.15. The van der Waals surface area contributed by atoms with Crippen LogP contribution >= 0.6 is 11.3 Å². The summed E-state index contributed by atoms with van der Waals surface area (Å²) in [6.07, 6.45) is 1.70. The predicted octanol–water partition coefficient (Wildman–Crippen LogP) is 3.25. The minimum absolute atomic E-state index is 0.243. The third kappa shape index (κ3) is 3.75. The highest BCUT2D eigenvalue weighted by Crippen LogP contribution is 2.21. The van der Waals surface area contributed by atoms with Gasteiger partial charge in [0.2, 0.25) is 0 Å². The number of thiazole rings is 1. The molecule has 0 aliphatic carbocycles. The molecule has 3 rings (SSSR count). The van der Waals surface area contributed by atoms with Crippen molar-refractivity contribution >= 4 is 22.4 Å². The van der Waals surface area contributed by atoms with Crippen LogP contribution < -0.4 is 10.1 Å². The second kappa shape index (κ2) is 6.62. The van der Waals surface area contributed by atoms with Crippen LogP contribution in [0, 0.1) is 13.8 Å². The average Bonchev–Trinajstić information content (AvgIpc) is 3.14. The van der Waals surface area contributed by atoms with Gasteiger partial charge in [-0.2, -0.15) is 5.10 Å². The molecule has 1 amide bonds. The lowest BCUT2D eigenvalue weighted by Crippen LogP contribution is -2.14. The number of nitrogens with zero attached hydrogens (tertiary/aromatic N) is 3. The first-order chi connectivity index (χ1) is 11.1. The molecule has 118 valence electrons. The smallest absolute Gasteiger partial charge is 0.277 e. The molecule has 6 nitrogen and oxygen atoms in total. The van der Waals surface area contributed by atoms with Crippen molar-refractivity contribution in [3.63, 3.8) is 0 Å². The molecule has 0 fully saturated rings. The van der Waals surface area contributed by atoms with Crippen molar-refractivity contribution in [2.45, 2.75) is 20.6 Å². The molecule has 2 aromatic heterocycles. The molecule has 0 aliphatic rings. The largest absolute Gasteiger partial charge is 0.471 e. The second-order valence-electron chi connectivity index (χ2n) is 4.94. The number of hydrogen-bond acceptors (Lipinski definition) is 5. The van der Waals surface area contributed by atoms with Crippen LogP contribution in [-0.2, 0) is 6.73 Å². The van der Waals surface area contributed by atoms with Crippen LogP contribution in [0.1, 0.15) is 21.1 Å². The first kappa shape index (κ1) is 15.2. The molecule has 1 N–H and O–H groups in total. The van der Waals surface area contributed by atoms with Crippen LogP contribution in [0.3, 0.4) is 0 Å². The molecule has 0 atom stereocenters. The van der Waals surface area contributed by atoms with Crippen molar-refractivity contribution < 1.29 is 9.53 Å². The fourth-order valence-corrected chi connectivity index (χ4v) is 2.71. The van der Waals surface area contributed by atoms with Gasteiger partial charge in [0.15, 0.2) is 17.6 Å². The fourth-order valence-electron chi connectivity index (χ4n) is 1.90. The Kier molecular flexibility index (Phi) is 4.38. The molecule has 0 saturated carbocycles. The predicted molar refractivity (Wildman–Crippen MR) is 88.8 cm³/mol. The van der Waals surface area contributed by atoms with Gasteiger partial charge in [0.25, 0.3) is 5.91 Å². The van der Waals surface area contributed by atoms with Gasteiger partial charge < -0.3 is 4.74 Å². The van der Waals surface area contributed by atoms with Crippen LogP contribution in [0.25, 0.3) is 0 Å². The molecule has 23 heavy (non-hydrogen) atoms. The summed E-state index contributed by atoms with van der Waals surface area (Å²) in [5.41, 5.74) is 1.25. The first-order valence-corrected chi connectivity index (χ1v) is 7.90. The molecule has 2 heterocycles. The van der Waals surface area contributed by atoms with Crippen LogP contribution in [0.4, 0.5) is 5.13 Å². The number of ether oxygens (including phenoxy) is 1. The third-order valence-electron chi connectivity index (χ3n) is 3.23. The second-order valence-corrected chi connectivity index (χ2v) is 6.14. The Morgan fingerprint density at radius 2 is 2.04 bits per heavy atom. The Bertz CT molecular complexity index is 791. The van der Waals surface area contributed by atoms with E-state index in [4.69, 9.17) is 4.74 Å². The van der Waals surface area contributed by atoms with Crippen LogP contribution in [0.2, 0.25) is 0 Å². The van der Waals surface area contributed by atoms with Crippen molar-refractivity contribution in [3.05, 3.63) is 58.9 Å². The topological polar surface area (TPSA) is 69.0 Å². The number of hydrogen-bond donors (Lipinski definition) is 1. The summed E-state index contributed by atoms with van der Waals surface area (Å²) in [6, 6.07) is 11.1. The zero-order valence-electron chi connectivity index (χ0n) is 12.8. The molecule has 7 heteroatoms. The van der Waals surface area contributed by atoms with E-state index in [0.29, 0.717) is 10.8 Å². The quantitative estimate of drug-likeness (QED) is 0.780. The molecule has 0 unspecified atom stereocenters. The monoisotopic (exact) mass is 328 g/mol. The van der Waals surface area contributed by atoms with Crippen molar-refractivity contribution in [1.29, 1.82) is 0 Å². The zero-order valence-corrected chi connectivity index (χ0v) is 13.6. The number of carbonyl (C=O) groups excluding carboxylic acids is 1. The number of aryl methyl sites for hydroxylation is 2. The summed E-state index contributed by atoms with van der Waals surface area (Å²) in [5.74, 6) is 0.472. The molecule has 3 aromatic rings. The molecule has 0 aliphatic heterocycles. The molecule has 1 aromatic carbocycles. The van der Waals surface area contributed by atoms with E-state index in [9.17, 15) is 4.79 Å². The fraction of sp³-hybridized carbons (Fsp3) is 0.188. The van der Waals surface area contributed by atoms with E-state index in [1.807, 2.05) is 44.2 Å². The van der Waals surface area contributed by atoms with E-state index < -0.39 is 0 Å². The highest BCUT2D eigenvalue weighted by molar-refractivity contribution is 7.15. The molecular weight excluding hydrogens is 312 g/mol. The minimum Gasteiger partial charge on any atom is -0.471 e. The lowest BCUT2D eigenvalue weighted by Gasteiger charge is -2.05. The van der Waals surface area contributed by atoms with Crippen LogP contribution in [0.15, 0.2) is 42.6 Å². The van der Waals surface area contributed by atoms with Gasteiger partial charge in [0.05, 0.1) is 5.69 Å². The highest BCUT2D eigenvalue weighted by atomic mass is 32.1. The Morgan fingerprint density at radius 1 is 1.26 bits per heavy atom. The van der Waals surface area contributed by atoms with Gasteiger partial charge in [-0.05, 0) is 32.0 Å². The number of para-hydroxylation sites is 1. The van der Waals surface area contributed by atoms with E-state index in [1.165, 1.54) is 11.3 Å². The number of nitrogens with one attached hydrogen (secondary N) is 1. The summed E-state index contributed by atoms with van der Waals surface area (Å²) in [5, 5.41) is 7.55. The van der Waals surface area contributed by atoms with Crippen LogP contribution in [0.5, 0.6) is 5.75 Å². The number of amides is 1. The van der Waals surface area contributed by atoms with Crippen molar-refractivity contribution in [1.82, 2.24) is 14.8 Å². The molecule has 0 saturated heterocycles. The van der Waals surface area contributed by atoms with Crippen molar-refractivity contribution in [2.75, 3.05) is 5.32 Å². The van der Waals surface area contributed by atoms with Gasteiger partial charge in [0, 0.05) is 11.1 Å². The molecule has 0 radical (unpaired) electrons. The summed E-state index contributed by atoms with van der Waals surface area (Å²) >= 11 is 1.45. The maximum absolute atomic E-state index is 12.2. The van der Waals surface area contributed by atoms with Crippen molar-refractivity contribution in [3.8, 4) is 5.75 Å². The van der Waals surface area contributed by atoms with E-state index in [2.05, 4.69) is 15.4 Å². The minimum atomic E-state index is -0.280. The Labute approximate surface area is 137 Å². The lowest BCUT2D eigenvalue weighted by atomic mass is 10.3. The number of rotatable bonds is 5. The maximum atomic E-state index is 12.2. The van der Waals surface area contributed by atoms with Crippen LogP contribution in [-0.4, -0.2) is 20.7 Å². The first-order valence-electron chi connectivity index (χ1n) is 7.08. The highest BCUT2D eigenvalue weighted by Gasteiger charge is 2.12. The maximum Gasteiger partial charge on any atom is 0.277 e.